The lowest BCUT2D eigenvalue weighted by atomic mass is 10.2. The molecule has 2 rings (SSSR count). The van der Waals surface area contributed by atoms with Gasteiger partial charge in [0.25, 0.3) is 0 Å². The predicted molar refractivity (Wildman–Crippen MR) is 54.2 cm³/mol. The first-order chi connectivity index (χ1) is 7.18. The van der Waals surface area contributed by atoms with E-state index in [4.69, 9.17) is 5.11 Å². The van der Waals surface area contributed by atoms with Gasteiger partial charge in [0, 0.05) is 18.9 Å². The number of hydrogen-bond acceptors (Lipinski definition) is 2. The number of amides is 1. The average Bonchev–Trinajstić information content (AvgIpc) is 3.02. The Kier molecular flexibility index (Phi) is 2.93. The summed E-state index contributed by atoms with van der Waals surface area (Å²) < 4.78 is 0. The Morgan fingerprint density at radius 1 is 1.33 bits per heavy atom. The van der Waals surface area contributed by atoms with Crippen molar-refractivity contribution in [3.8, 4) is 0 Å². The Labute approximate surface area is 89.0 Å². The molecule has 2 N–H and O–H groups in total. The van der Waals surface area contributed by atoms with Crippen LogP contribution in [0.2, 0.25) is 0 Å². The van der Waals surface area contributed by atoms with Gasteiger partial charge in [-0.2, -0.15) is 0 Å². The van der Waals surface area contributed by atoms with Gasteiger partial charge >= 0.3 is 5.97 Å². The number of hydrogen-bond donors (Lipinski definition) is 2. The van der Waals surface area contributed by atoms with Crippen LogP contribution < -0.4 is 5.32 Å². The first-order valence-electron chi connectivity index (χ1n) is 5.68. The zero-order chi connectivity index (χ0) is 10.8. The van der Waals surface area contributed by atoms with Gasteiger partial charge in [-0.3, -0.25) is 9.59 Å². The van der Waals surface area contributed by atoms with Crippen LogP contribution in [0.5, 0.6) is 0 Å². The minimum Gasteiger partial charge on any atom is -0.481 e. The van der Waals surface area contributed by atoms with Crippen molar-refractivity contribution < 1.29 is 14.7 Å². The molecule has 84 valence electrons. The number of aliphatic carboxylic acids is 1. The molecule has 15 heavy (non-hydrogen) atoms. The normalized spacial score (nSPS) is 28.5. The minimum absolute atomic E-state index is 0.136. The summed E-state index contributed by atoms with van der Waals surface area (Å²) in [6.07, 6.45) is 4.31. The van der Waals surface area contributed by atoms with Crippen LogP contribution in [-0.4, -0.2) is 23.5 Å². The highest BCUT2D eigenvalue weighted by atomic mass is 16.4. The van der Waals surface area contributed by atoms with Crippen molar-refractivity contribution in [1.29, 1.82) is 0 Å². The standard InChI is InChI=1S/C11H17NO3/c13-10(14)2-1-5-12-11(15)9-6-8(9)7-3-4-7/h7-9H,1-6H2,(H,12,15)(H,13,14). The highest BCUT2D eigenvalue weighted by Crippen LogP contribution is 2.54. The maximum atomic E-state index is 11.5. The molecule has 4 heteroatoms. The van der Waals surface area contributed by atoms with Crippen LogP contribution in [0.1, 0.15) is 32.1 Å². The number of carboxylic acid groups (broad SMARTS) is 1. The zero-order valence-corrected chi connectivity index (χ0v) is 8.74. The third-order valence-electron chi connectivity index (χ3n) is 3.27. The van der Waals surface area contributed by atoms with E-state index in [1.807, 2.05) is 0 Å². The SMILES string of the molecule is O=C(O)CCCNC(=O)C1CC1C1CC1. The van der Waals surface area contributed by atoms with E-state index in [9.17, 15) is 9.59 Å². The molecule has 2 aliphatic rings. The maximum Gasteiger partial charge on any atom is 0.303 e. The summed E-state index contributed by atoms with van der Waals surface area (Å²) in [5.74, 6) is 1.04. The van der Waals surface area contributed by atoms with Gasteiger partial charge in [0.1, 0.15) is 0 Å². The van der Waals surface area contributed by atoms with Crippen LogP contribution in [0.25, 0.3) is 0 Å². The van der Waals surface area contributed by atoms with Crippen molar-refractivity contribution in [1.82, 2.24) is 5.32 Å². The van der Waals surface area contributed by atoms with E-state index in [0.29, 0.717) is 18.9 Å². The monoisotopic (exact) mass is 211 g/mol. The fourth-order valence-electron chi connectivity index (χ4n) is 2.14. The van der Waals surface area contributed by atoms with Crippen LogP contribution in [-0.2, 0) is 9.59 Å². The van der Waals surface area contributed by atoms with Crippen molar-refractivity contribution in [3.63, 3.8) is 0 Å². The maximum absolute atomic E-state index is 11.5. The number of carboxylic acids is 1. The molecule has 0 aromatic rings. The van der Waals surface area contributed by atoms with E-state index in [1.165, 1.54) is 12.8 Å². The highest BCUT2D eigenvalue weighted by Gasteiger charge is 2.50. The molecular weight excluding hydrogens is 194 g/mol. The largest absolute Gasteiger partial charge is 0.481 e. The molecule has 4 nitrogen and oxygen atoms in total. The van der Waals surface area contributed by atoms with Crippen LogP contribution in [0, 0.1) is 17.8 Å². The molecule has 0 heterocycles. The molecule has 2 unspecified atom stereocenters. The predicted octanol–water partition coefficient (Wildman–Crippen LogP) is 1.01. The molecule has 2 aliphatic carbocycles. The molecule has 0 saturated heterocycles. The van der Waals surface area contributed by atoms with Crippen molar-refractivity contribution >= 4 is 11.9 Å². The molecular formula is C11H17NO3. The average molecular weight is 211 g/mol. The van der Waals surface area contributed by atoms with Crippen LogP contribution in [0.15, 0.2) is 0 Å². The lowest BCUT2D eigenvalue weighted by molar-refractivity contribution is -0.137. The van der Waals surface area contributed by atoms with Gasteiger partial charge in [0.15, 0.2) is 0 Å². The number of rotatable bonds is 6. The molecule has 2 fully saturated rings. The van der Waals surface area contributed by atoms with Gasteiger partial charge in [-0.05, 0) is 37.5 Å². The summed E-state index contributed by atoms with van der Waals surface area (Å²) in [5.41, 5.74) is 0. The Bertz CT molecular complexity index is 273. The van der Waals surface area contributed by atoms with Gasteiger partial charge in [0.05, 0.1) is 0 Å². The van der Waals surface area contributed by atoms with E-state index in [-0.39, 0.29) is 18.2 Å². The van der Waals surface area contributed by atoms with Crippen molar-refractivity contribution in [3.05, 3.63) is 0 Å². The second-order valence-electron chi connectivity index (χ2n) is 4.63. The van der Waals surface area contributed by atoms with E-state index < -0.39 is 5.97 Å². The summed E-state index contributed by atoms with van der Waals surface area (Å²) >= 11 is 0. The summed E-state index contributed by atoms with van der Waals surface area (Å²) in [6.45, 7) is 0.499. The molecule has 0 aromatic heterocycles. The summed E-state index contributed by atoms with van der Waals surface area (Å²) in [5, 5.41) is 11.2. The van der Waals surface area contributed by atoms with Crippen LogP contribution >= 0.6 is 0 Å². The second-order valence-corrected chi connectivity index (χ2v) is 4.63. The van der Waals surface area contributed by atoms with Crippen molar-refractivity contribution in [2.45, 2.75) is 32.1 Å². The van der Waals surface area contributed by atoms with Crippen LogP contribution in [0.4, 0.5) is 0 Å². The number of nitrogens with one attached hydrogen (secondary N) is 1. The van der Waals surface area contributed by atoms with E-state index in [1.54, 1.807) is 0 Å². The van der Waals surface area contributed by atoms with E-state index in [0.717, 1.165) is 12.3 Å². The fraction of sp³-hybridized carbons (Fsp3) is 0.818. The summed E-state index contributed by atoms with van der Waals surface area (Å²) in [6, 6.07) is 0. The second kappa shape index (κ2) is 4.21. The lowest BCUT2D eigenvalue weighted by Crippen LogP contribution is -2.27. The third kappa shape index (κ3) is 2.94. The minimum atomic E-state index is -0.800. The molecule has 1 amide bonds. The Morgan fingerprint density at radius 3 is 2.67 bits per heavy atom. The molecule has 0 aromatic carbocycles. The Morgan fingerprint density at radius 2 is 2.07 bits per heavy atom. The quantitative estimate of drug-likeness (QED) is 0.644. The third-order valence-corrected chi connectivity index (χ3v) is 3.27. The molecule has 0 radical (unpaired) electrons. The summed E-state index contributed by atoms with van der Waals surface area (Å²) in [4.78, 5) is 21.8. The van der Waals surface area contributed by atoms with Crippen molar-refractivity contribution in [2.75, 3.05) is 6.54 Å². The molecule has 2 atom stereocenters. The molecule has 0 aliphatic heterocycles. The molecule has 0 spiro atoms. The number of carbonyl (C=O) groups excluding carboxylic acids is 1. The van der Waals surface area contributed by atoms with Gasteiger partial charge in [-0.1, -0.05) is 0 Å². The van der Waals surface area contributed by atoms with Gasteiger partial charge in [-0.25, -0.2) is 0 Å². The van der Waals surface area contributed by atoms with E-state index in [2.05, 4.69) is 5.32 Å². The first-order valence-corrected chi connectivity index (χ1v) is 5.68. The molecule has 2 saturated carbocycles. The summed E-state index contributed by atoms with van der Waals surface area (Å²) in [7, 11) is 0. The van der Waals surface area contributed by atoms with Gasteiger partial charge in [0.2, 0.25) is 5.91 Å². The highest BCUT2D eigenvalue weighted by molar-refractivity contribution is 5.81. The molecule has 0 bridgehead atoms. The van der Waals surface area contributed by atoms with Gasteiger partial charge in [-0.15, -0.1) is 0 Å². The lowest BCUT2D eigenvalue weighted by Gasteiger charge is -2.02. The van der Waals surface area contributed by atoms with Crippen molar-refractivity contribution in [2.24, 2.45) is 17.8 Å². The van der Waals surface area contributed by atoms with Gasteiger partial charge < -0.3 is 10.4 Å². The fourth-order valence-corrected chi connectivity index (χ4v) is 2.14. The topological polar surface area (TPSA) is 66.4 Å². The Hall–Kier alpha value is -1.06. The number of carbonyl (C=O) groups is 2. The van der Waals surface area contributed by atoms with Crippen LogP contribution in [0.3, 0.4) is 0 Å². The smallest absolute Gasteiger partial charge is 0.303 e. The Balaban J connectivity index is 1.55. The van der Waals surface area contributed by atoms with E-state index >= 15 is 0 Å². The zero-order valence-electron chi connectivity index (χ0n) is 8.74. The first kappa shape index (κ1) is 10.5.